The lowest BCUT2D eigenvalue weighted by Crippen LogP contribution is -2.49. The van der Waals surface area contributed by atoms with Crippen molar-refractivity contribution in [3.8, 4) is 0 Å². The fraction of sp³-hybridized carbons (Fsp3) is 0.500. The van der Waals surface area contributed by atoms with Crippen LogP contribution in [0.2, 0.25) is 0 Å². The zero-order chi connectivity index (χ0) is 10.1. The maximum absolute atomic E-state index is 5.74. The van der Waals surface area contributed by atoms with Gasteiger partial charge in [-0.15, -0.1) is 0 Å². The molecule has 2 rings (SSSR count). The normalized spacial score (nSPS) is 17.2. The zero-order valence-electron chi connectivity index (χ0n) is 8.90. The van der Waals surface area contributed by atoms with E-state index in [4.69, 9.17) is 5.73 Å². The van der Waals surface area contributed by atoms with Crippen LogP contribution in [0, 0.1) is 11.8 Å². The Kier molecular flexibility index (Phi) is 2.36. The van der Waals surface area contributed by atoms with E-state index >= 15 is 0 Å². The van der Waals surface area contributed by atoms with Crippen LogP contribution in [0.1, 0.15) is 13.8 Å². The van der Waals surface area contributed by atoms with E-state index in [0.717, 1.165) is 17.5 Å². The van der Waals surface area contributed by atoms with E-state index in [1.165, 1.54) is 18.8 Å². The van der Waals surface area contributed by atoms with Crippen molar-refractivity contribution in [3.05, 3.63) is 24.3 Å². The molecular weight excluding hydrogens is 172 g/mol. The van der Waals surface area contributed by atoms with E-state index in [-0.39, 0.29) is 0 Å². The smallest absolute Gasteiger partial charge is 0.0387 e. The third kappa shape index (κ3) is 1.69. The minimum absolute atomic E-state index is 0.798. The van der Waals surface area contributed by atoms with Gasteiger partial charge in [-0.2, -0.15) is 0 Å². The van der Waals surface area contributed by atoms with Gasteiger partial charge in [0.15, 0.2) is 0 Å². The van der Waals surface area contributed by atoms with Gasteiger partial charge in [-0.3, -0.25) is 0 Å². The predicted octanol–water partition coefficient (Wildman–Crippen LogP) is 2.36. The highest BCUT2D eigenvalue weighted by atomic mass is 15.2. The number of nitrogens with two attached hydrogens (primary N) is 1. The Balaban J connectivity index is 2.00. The number of benzene rings is 1. The van der Waals surface area contributed by atoms with Crippen LogP contribution in [0.15, 0.2) is 24.3 Å². The molecule has 14 heavy (non-hydrogen) atoms. The summed E-state index contributed by atoms with van der Waals surface area (Å²) < 4.78 is 0. The van der Waals surface area contributed by atoms with Gasteiger partial charge in [-0.25, -0.2) is 0 Å². The number of nitrogen functional groups attached to an aromatic ring is 1. The summed E-state index contributed by atoms with van der Waals surface area (Å²) in [6.07, 6.45) is 0. The molecule has 0 unspecified atom stereocenters. The van der Waals surface area contributed by atoms with Gasteiger partial charge >= 0.3 is 0 Å². The molecule has 0 spiro atoms. The van der Waals surface area contributed by atoms with Gasteiger partial charge in [-0.1, -0.05) is 19.9 Å². The number of nitrogens with zero attached hydrogens (tertiary/aromatic N) is 1. The Bertz CT molecular complexity index is 314. The first kappa shape index (κ1) is 9.38. The third-order valence-electron chi connectivity index (χ3n) is 3.09. The summed E-state index contributed by atoms with van der Waals surface area (Å²) in [5.41, 5.74) is 7.87. The van der Waals surface area contributed by atoms with Gasteiger partial charge in [-0.05, 0) is 30.0 Å². The summed E-state index contributed by atoms with van der Waals surface area (Å²) in [5, 5.41) is 0. The van der Waals surface area contributed by atoms with Gasteiger partial charge in [0.05, 0.1) is 0 Å². The van der Waals surface area contributed by atoms with E-state index in [9.17, 15) is 0 Å². The van der Waals surface area contributed by atoms with Crippen LogP contribution in [0.4, 0.5) is 11.4 Å². The number of hydrogen-bond acceptors (Lipinski definition) is 2. The summed E-state index contributed by atoms with van der Waals surface area (Å²) in [5.74, 6) is 1.66. The van der Waals surface area contributed by atoms with Gasteiger partial charge in [0.1, 0.15) is 0 Å². The number of rotatable bonds is 2. The van der Waals surface area contributed by atoms with Crippen molar-refractivity contribution < 1.29 is 0 Å². The molecule has 2 N–H and O–H groups in total. The van der Waals surface area contributed by atoms with Gasteiger partial charge in [0.25, 0.3) is 0 Å². The van der Waals surface area contributed by atoms with E-state index in [2.05, 4.69) is 30.9 Å². The fourth-order valence-corrected chi connectivity index (χ4v) is 1.87. The molecule has 76 valence electrons. The lowest BCUT2D eigenvalue weighted by molar-refractivity contribution is 0.310. The predicted molar refractivity (Wildman–Crippen MR) is 61.4 cm³/mol. The van der Waals surface area contributed by atoms with Crippen LogP contribution in [0.3, 0.4) is 0 Å². The summed E-state index contributed by atoms with van der Waals surface area (Å²) in [6, 6.07) is 8.14. The number of anilines is 2. The second-order valence-corrected chi connectivity index (χ2v) is 4.50. The quantitative estimate of drug-likeness (QED) is 0.725. The highest BCUT2D eigenvalue weighted by molar-refractivity contribution is 5.57. The molecule has 0 atom stereocenters. The highest BCUT2D eigenvalue weighted by Crippen LogP contribution is 2.29. The summed E-state index contributed by atoms with van der Waals surface area (Å²) in [4.78, 5) is 2.39. The Morgan fingerprint density at radius 3 is 2.64 bits per heavy atom. The molecule has 0 amide bonds. The summed E-state index contributed by atoms with van der Waals surface area (Å²) in [6.45, 7) is 6.95. The monoisotopic (exact) mass is 190 g/mol. The van der Waals surface area contributed by atoms with Crippen LogP contribution in [0.5, 0.6) is 0 Å². The largest absolute Gasteiger partial charge is 0.399 e. The Morgan fingerprint density at radius 1 is 1.36 bits per heavy atom. The molecule has 1 heterocycles. The molecule has 0 aromatic heterocycles. The van der Waals surface area contributed by atoms with Crippen molar-refractivity contribution in [1.82, 2.24) is 0 Å². The van der Waals surface area contributed by atoms with Crippen molar-refractivity contribution in [1.29, 1.82) is 0 Å². The number of hydrogen-bond donors (Lipinski definition) is 1. The Morgan fingerprint density at radius 2 is 2.07 bits per heavy atom. The molecule has 1 fully saturated rings. The second kappa shape index (κ2) is 3.52. The minimum atomic E-state index is 0.798. The molecule has 2 nitrogen and oxygen atoms in total. The first-order chi connectivity index (χ1) is 6.66. The molecule has 0 saturated carbocycles. The van der Waals surface area contributed by atoms with Crippen LogP contribution >= 0.6 is 0 Å². The van der Waals surface area contributed by atoms with Crippen molar-refractivity contribution >= 4 is 11.4 Å². The van der Waals surface area contributed by atoms with Gasteiger partial charge in [0, 0.05) is 24.5 Å². The Labute approximate surface area is 85.7 Å². The standard InChI is InChI=1S/C12H18N2/c1-9(2)10-7-14(8-10)12-5-3-4-11(13)6-12/h3-6,9-10H,7-8,13H2,1-2H3. The first-order valence-electron chi connectivity index (χ1n) is 5.27. The molecular formula is C12H18N2. The molecule has 0 radical (unpaired) electrons. The molecule has 2 heteroatoms. The molecule has 1 aromatic carbocycles. The lowest BCUT2D eigenvalue weighted by Gasteiger charge is -2.43. The van der Waals surface area contributed by atoms with E-state index in [1.807, 2.05) is 12.1 Å². The molecule has 1 aromatic rings. The van der Waals surface area contributed by atoms with Gasteiger partial charge < -0.3 is 10.6 Å². The molecule has 0 bridgehead atoms. The van der Waals surface area contributed by atoms with Crippen molar-refractivity contribution in [2.45, 2.75) is 13.8 Å². The highest BCUT2D eigenvalue weighted by Gasteiger charge is 2.28. The van der Waals surface area contributed by atoms with Crippen molar-refractivity contribution in [2.75, 3.05) is 23.7 Å². The van der Waals surface area contributed by atoms with E-state index in [0.29, 0.717) is 0 Å². The van der Waals surface area contributed by atoms with Crippen LogP contribution in [0.25, 0.3) is 0 Å². The Hall–Kier alpha value is -1.18. The first-order valence-corrected chi connectivity index (χ1v) is 5.27. The SMILES string of the molecule is CC(C)C1CN(c2cccc(N)c2)C1. The van der Waals surface area contributed by atoms with E-state index < -0.39 is 0 Å². The molecule has 1 saturated heterocycles. The third-order valence-corrected chi connectivity index (χ3v) is 3.09. The summed E-state index contributed by atoms with van der Waals surface area (Å²) in [7, 11) is 0. The van der Waals surface area contributed by atoms with Crippen LogP contribution in [-0.2, 0) is 0 Å². The topological polar surface area (TPSA) is 29.3 Å². The average molecular weight is 190 g/mol. The van der Waals surface area contributed by atoms with Crippen molar-refractivity contribution in [2.24, 2.45) is 11.8 Å². The zero-order valence-corrected chi connectivity index (χ0v) is 8.90. The maximum atomic E-state index is 5.74. The van der Waals surface area contributed by atoms with Crippen LogP contribution in [-0.4, -0.2) is 13.1 Å². The van der Waals surface area contributed by atoms with Crippen molar-refractivity contribution in [3.63, 3.8) is 0 Å². The molecule has 1 aliphatic rings. The lowest BCUT2D eigenvalue weighted by atomic mass is 9.88. The van der Waals surface area contributed by atoms with Crippen LogP contribution < -0.4 is 10.6 Å². The average Bonchev–Trinajstić information content (AvgIpc) is 2.00. The molecule has 0 aliphatic carbocycles. The summed E-state index contributed by atoms with van der Waals surface area (Å²) >= 11 is 0. The maximum Gasteiger partial charge on any atom is 0.0387 e. The fourth-order valence-electron chi connectivity index (χ4n) is 1.87. The second-order valence-electron chi connectivity index (χ2n) is 4.50. The minimum Gasteiger partial charge on any atom is -0.399 e. The van der Waals surface area contributed by atoms with E-state index in [1.54, 1.807) is 0 Å². The van der Waals surface area contributed by atoms with Gasteiger partial charge in [0.2, 0.25) is 0 Å². The molecule has 1 aliphatic heterocycles.